The molecule has 1 N–H and O–H groups in total. The number of rotatable bonds is 3. The van der Waals surface area contributed by atoms with E-state index in [9.17, 15) is 0 Å². The molecule has 0 aliphatic carbocycles. The average Bonchev–Trinajstić information content (AvgIpc) is 3.57. The quantitative estimate of drug-likeness (QED) is 0.316. The van der Waals surface area contributed by atoms with Crippen LogP contribution in [0, 0.1) is 0 Å². The number of thiocarbonyl (C=S) groups is 3. The zero-order valence-electron chi connectivity index (χ0n) is 20.1. The van der Waals surface area contributed by atoms with Crippen molar-refractivity contribution < 1.29 is 0 Å². The summed E-state index contributed by atoms with van der Waals surface area (Å²) in [4.78, 5) is 21.4. The number of H-pyrrole nitrogens is 1. The maximum Gasteiger partial charge on any atom is 0.0743 e. The third-order valence-corrected chi connectivity index (χ3v) is 6.94. The first-order chi connectivity index (χ1) is 17.2. The van der Waals surface area contributed by atoms with Crippen LogP contribution in [0.1, 0.15) is 39.1 Å². The molecule has 0 aromatic carbocycles. The minimum Gasteiger partial charge on any atom is -0.354 e. The van der Waals surface area contributed by atoms with Crippen LogP contribution in [0.4, 0.5) is 0 Å². The van der Waals surface area contributed by atoms with Gasteiger partial charge in [-0.25, -0.2) is 15.0 Å². The molecule has 178 valence electrons. The maximum absolute atomic E-state index is 5.66. The van der Waals surface area contributed by atoms with Crippen LogP contribution in [0.3, 0.4) is 0 Å². The molecule has 5 heterocycles. The monoisotopic (exact) mass is 542 g/mol. The molecule has 4 aliphatic rings. The standard InChI is InChI=1S/C28H22N4S4/c1-13(33)25-17-5-7-19(29-17)26(14(2)34)21-9-11-23(31-21)28(16(4)36)24-12-10-22(32-24)27(15(3)35)20-8-6-18(25)30-20/h5-12,29,35H,1-4H3/b25-18?,26-21?,27-15+,28-24?. The highest BCUT2D eigenvalue weighted by molar-refractivity contribution is 7.84. The van der Waals surface area contributed by atoms with Crippen LogP contribution in [-0.4, -0.2) is 36.7 Å². The molecule has 0 fully saturated rings. The predicted molar refractivity (Wildman–Crippen MR) is 168 cm³/mol. The third kappa shape index (κ3) is 4.28. The summed E-state index contributed by atoms with van der Waals surface area (Å²) in [6.07, 6.45) is 11.9. The summed E-state index contributed by atoms with van der Waals surface area (Å²) in [5.41, 5.74) is 9.81. The van der Waals surface area contributed by atoms with Crippen LogP contribution in [0.25, 0.3) is 11.1 Å². The van der Waals surface area contributed by atoms with Gasteiger partial charge in [0.15, 0.2) is 0 Å². The predicted octanol–water partition coefficient (Wildman–Crippen LogP) is 7.11. The Morgan fingerprint density at radius 2 is 1.00 bits per heavy atom. The topological polar surface area (TPSA) is 52.9 Å². The van der Waals surface area contributed by atoms with Crippen molar-refractivity contribution in [3.05, 3.63) is 93.1 Å². The van der Waals surface area contributed by atoms with Gasteiger partial charge >= 0.3 is 0 Å². The van der Waals surface area contributed by atoms with Gasteiger partial charge in [0.1, 0.15) is 0 Å². The van der Waals surface area contributed by atoms with Crippen LogP contribution in [0.5, 0.6) is 0 Å². The molecule has 4 nitrogen and oxygen atoms in total. The second-order valence-electron chi connectivity index (χ2n) is 8.69. The minimum absolute atomic E-state index is 0.714. The highest BCUT2D eigenvalue weighted by atomic mass is 32.1. The van der Waals surface area contributed by atoms with Gasteiger partial charge in [0, 0.05) is 48.3 Å². The molecule has 8 bridgehead atoms. The molecule has 0 spiro atoms. The highest BCUT2D eigenvalue weighted by Gasteiger charge is 2.25. The number of allylic oxidation sites excluding steroid dienone is 11. The van der Waals surface area contributed by atoms with Gasteiger partial charge in [-0.3, -0.25) is 0 Å². The number of nitrogens with one attached hydrogen (secondary N) is 1. The summed E-state index contributed by atoms with van der Waals surface area (Å²) in [6.45, 7) is 7.66. The van der Waals surface area contributed by atoms with E-state index in [4.69, 9.17) is 51.6 Å². The molecule has 0 atom stereocenters. The number of aromatic nitrogens is 1. The normalized spacial score (nSPS) is 19.8. The van der Waals surface area contributed by atoms with E-state index in [1.807, 2.05) is 76.3 Å². The van der Waals surface area contributed by atoms with Crippen molar-refractivity contribution in [2.24, 2.45) is 15.0 Å². The van der Waals surface area contributed by atoms with E-state index in [1.54, 1.807) is 0 Å². The molecule has 5 rings (SSSR count). The Kier molecular flexibility index (Phi) is 6.55. The molecule has 1 aromatic rings. The van der Waals surface area contributed by atoms with Gasteiger partial charge in [0.25, 0.3) is 0 Å². The Bertz CT molecular complexity index is 1600. The van der Waals surface area contributed by atoms with E-state index in [0.29, 0.717) is 4.86 Å². The number of aliphatic imine (C=N–C) groups is 3. The largest absolute Gasteiger partial charge is 0.354 e. The summed E-state index contributed by atoms with van der Waals surface area (Å²) in [6, 6.07) is 4.02. The molecule has 4 aliphatic heterocycles. The zero-order valence-corrected chi connectivity index (χ0v) is 23.5. The first-order valence-electron chi connectivity index (χ1n) is 11.3. The molecule has 1 aromatic heterocycles. The minimum atomic E-state index is 0.714. The van der Waals surface area contributed by atoms with E-state index in [0.717, 1.165) is 82.5 Å². The maximum atomic E-state index is 5.66. The van der Waals surface area contributed by atoms with Gasteiger partial charge in [0.05, 0.1) is 34.2 Å². The first kappa shape index (κ1) is 24.8. The molecule has 0 saturated heterocycles. The van der Waals surface area contributed by atoms with Crippen molar-refractivity contribution >= 4 is 92.2 Å². The number of hydrogen-bond acceptors (Lipinski definition) is 7. The number of aromatic amines is 1. The summed E-state index contributed by atoms with van der Waals surface area (Å²) >= 11 is 21.6. The SMILES string of the molecule is CC(=S)C1=C2C=CC(=N2)/C(=C(\C)S)C2=NC(=C(C(C)=S)c3ccc([nH]3)C(C(C)=S)=C3C=CC1=N3)C=C2. The van der Waals surface area contributed by atoms with Crippen LogP contribution in [0.2, 0.25) is 0 Å². The van der Waals surface area contributed by atoms with E-state index < -0.39 is 0 Å². The number of nitrogens with zero attached hydrogens (tertiary/aromatic N) is 3. The second kappa shape index (κ2) is 9.52. The summed E-state index contributed by atoms with van der Waals surface area (Å²) in [5, 5.41) is 0. The second-order valence-corrected chi connectivity index (χ2v) is 11.2. The van der Waals surface area contributed by atoms with E-state index in [-0.39, 0.29) is 0 Å². The van der Waals surface area contributed by atoms with Crippen molar-refractivity contribution in [3.63, 3.8) is 0 Å². The Labute approximate surface area is 231 Å². The summed E-state index contributed by atoms with van der Waals surface area (Å²) in [5.74, 6) is 0. The Morgan fingerprint density at radius 3 is 1.42 bits per heavy atom. The van der Waals surface area contributed by atoms with Crippen molar-refractivity contribution in [1.29, 1.82) is 0 Å². The molecule has 8 heteroatoms. The lowest BCUT2D eigenvalue weighted by molar-refractivity contribution is 1.30. The van der Waals surface area contributed by atoms with Gasteiger partial charge in [-0.1, -0.05) is 36.7 Å². The summed E-state index contributed by atoms with van der Waals surface area (Å²) < 4.78 is 0. The van der Waals surface area contributed by atoms with Crippen LogP contribution < -0.4 is 0 Å². The van der Waals surface area contributed by atoms with Gasteiger partial charge in [-0.2, -0.15) is 0 Å². The molecular formula is C28H22N4S4. The Balaban J connectivity index is 1.87. The van der Waals surface area contributed by atoms with Gasteiger partial charge in [-0.15, -0.1) is 12.6 Å². The molecule has 36 heavy (non-hydrogen) atoms. The Morgan fingerprint density at radius 1 is 0.611 bits per heavy atom. The van der Waals surface area contributed by atoms with E-state index in [2.05, 4.69) is 17.6 Å². The number of hydrogen-bond donors (Lipinski definition) is 2. The summed E-state index contributed by atoms with van der Waals surface area (Å²) in [7, 11) is 0. The molecular weight excluding hydrogens is 521 g/mol. The fourth-order valence-corrected chi connectivity index (χ4v) is 5.49. The van der Waals surface area contributed by atoms with Crippen LogP contribution in [0.15, 0.2) is 96.7 Å². The highest BCUT2D eigenvalue weighted by Crippen LogP contribution is 2.33. The molecule has 0 radical (unpaired) electrons. The number of fused-ring (bicyclic) bond motifs is 5. The molecule has 0 unspecified atom stereocenters. The first-order valence-corrected chi connectivity index (χ1v) is 13.0. The fraction of sp³-hybridized carbons (Fsp3) is 0.143. The van der Waals surface area contributed by atoms with Crippen LogP contribution in [-0.2, 0) is 0 Å². The lowest BCUT2D eigenvalue weighted by atomic mass is 10.0. The molecule has 0 amide bonds. The van der Waals surface area contributed by atoms with Gasteiger partial charge < -0.3 is 4.98 Å². The average molecular weight is 543 g/mol. The van der Waals surface area contributed by atoms with Crippen LogP contribution >= 0.6 is 49.3 Å². The van der Waals surface area contributed by atoms with E-state index in [1.165, 1.54) is 0 Å². The third-order valence-electron chi connectivity index (χ3n) is 6.10. The van der Waals surface area contributed by atoms with Gasteiger partial charge in [-0.05, 0) is 81.2 Å². The lowest BCUT2D eigenvalue weighted by Crippen LogP contribution is -2.10. The van der Waals surface area contributed by atoms with Crippen molar-refractivity contribution in [2.75, 3.05) is 0 Å². The fourth-order valence-electron chi connectivity index (χ4n) is 4.62. The van der Waals surface area contributed by atoms with Crippen molar-refractivity contribution in [3.8, 4) is 0 Å². The van der Waals surface area contributed by atoms with Gasteiger partial charge in [0.2, 0.25) is 0 Å². The zero-order chi connectivity index (χ0) is 25.7. The lowest BCUT2D eigenvalue weighted by Gasteiger charge is -2.10. The number of thiol groups is 1. The van der Waals surface area contributed by atoms with Crippen molar-refractivity contribution in [2.45, 2.75) is 27.7 Å². The van der Waals surface area contributed by atoms with E-state index >= 15 is 0 Å². The smallest absolute Gasteiger partial charge is 0.0743 e. The molecule has 0 saturated carbocycles. The van der Waals surface area contributed by atoms with Crippen molar-refractivity contribution in [1.82, 2.24) is 4.98 Å². The Hall–Kier alpha value is -2.91.